The number of ether oxygens (including phenoxy) is 1. The van der Waals surface area contributed by atoms with Crippen LogP contribution >= 0.6 is 0 Å². The third-order valence-electron chi connectivity index (χ3n) is 3.93. The molecule has 23 heavy (non-hydrogen) atoms. The van der Waals surface area contributed by atoms with E-state index in [2.05, 4.69) is 0 Å². The molecule has 0 aliphatic carbocycles. The molecule has 0 spiro atoms. The minimum Gasteiger partial charge on any atom is -0.489 e. The van der Waals surface area contributed by atoms with Gasteiger partial charge < -0.3 is 14.9 Å². The number of hydrogen-bond acceptors (Lipinski definition) is 3. The van der Waals surface area contributed by atoms with Crippen LogP contribution in [0.2, 0.25) is 0 Å². The third kappa shape index (κ3) is 6.05. The van der Waals surface area contributed by atoms with Gasteiger partial charge in [-0.15, -0.1) is 0 Å². The molecular weight excluding hydrogens is 288 g/mol. The average molecular weight is 314 g/mol. The van der Waals surface area contributed by atoms with E-state index in [1.54, 1.807) is 0 Å². The maximum absolute atomic E-state index is 9.90. The van der Waals surface area contributed by atoms with Gasteiger partial charge in [0.25, 0.3) is 0 Å². The summed E-state index contributed by atoms with van der Waals surface area (Å²) >= 11 is 0. The van der Waals surface area contributed by atoms with Crippen LogP contribution in [0.5, 0.6) is 5.75 Å². The third-order valence-corrected chi connectivity index (χ3v) is 3.93. The van der Waals surface area contributed by atoms with Crippen LogP contribution in [0.4, 0.5) is 0 Å². The van der Waals surface area contributed by atoms with E-state index < -0.39 is 12.2 Å². The van der Waals surface area contributed by atoms with Gasteiger partial charge in [0, 0.05) is 0 Å². The van der Waals surface area contributed by atoms with Gasteiger partial charge >= 0.3 is 0 Å². The van der Waals surface area contributed by atoms with E-state index in [-0.39, 0.29) is 0 Å². The molecule has 0 fully saturated rings. The van der Waals surface area contributed by atoms with E-state index in [4.69, 9.17) is 4.74 Å². The number of benzene rings is 2. The molecule has 0 saturated carbocycles. The fourth-order valence-corrected chi connectivity index (χ4v) is 2.49. The number of rotatable bonds is 9. The second-order valence-electron chi connectivity index (χ2n) is 5.88. The fourth-order valence-electron chi connectivity index (χ4n) is 2.49. The summed E-state index contributed by atoms with van der Waals surface area (Å²) < 4.78 is 5.75. The van der Waals surface area contributed by atoms with Crippen LogP contribution in [0.1, 0.15) is 37.3 Å². The Labute approximate surface area is 138 Å². The van der Waals surface area contributed by atoms with Crippen LogP contribution in [0, 0.1) is 0 Å². The summed E-state index contributed by atoms with van der Waals surface area (Å²) in [5.41, 5.74) is 2.28. The summed E-state index contributed by atoms with van der Waals surface area (Å²) in [6.07, 6.45) is 1.59. The van der Waals surface area contributed by atoms with Crippen LogP contribution in [-0.2, 0) is 13.0 Å². The monoisotopic (exact) mass is 314 g/mol. The van der Waals surface area contributed by atoms with Crippen molar-refractivity contribution in [3.8, 4) is 5.75 Å². The molecule has 2 aromatic rings. The summed E-state index contributed by atoms with van der Waals surface area (Å²) in [4.78, 5) is 0. The van der Waals surface area contributed by atoms with Gasteiger partial charge in [0.05, 0.1) is 12.2 Å². The molecule has 2 N–H and O–H groups in total. The number of hydrogen-bond donors (Lipinski definition) is 2. The molecule has 3 heteroatoms. The van der Waals surface area contributed by atoms with Gasteiger partial charge in [-0.25, -0.2) is 0 Å². The lowest BCUT2D eigenvalue weighted by Gasteiger charge is -2.17. The Morgan fingerprint density at radius 2 is 1.48 bits per heavy atom. The Kier molecular flexibility index (Phi) is 7.11. The quantitative estimate of drug-likeness (QED) is 0.741. The molecule has 0 bridgehead atoms. The van der Waals surface area contributed by atoms with Crippen molar-refractivity contribution in [3.63, 3.8) is 0 Å². The molecular formula is C20H26O3. The summed E-state index contributed by atoms with van der Waals surface area (Å²) in [7, 11) is 0. The Morgan fingerprint density at radius 3 is 2.13 bits per heavy atom. The number of aliphatic hydroxyl groups excluding tert-OH is 2. The molecule has 3 nitrogen and oxygen atoms in total. The topological polar surface area (TPSA) is 49.7 Å². The Hall–Kier alpha value is -1.84. The maximum atomic E-state index is 9.90. The molecule has 2 unspecified atom stereocenters. The summed E-state index contributed by atoms with van der Waals surface area (Å²) in [5, 5.41) is 19.6. The van der Waals surface area contributed by atoms with Gasteiger partial charge in [-0.1, -0.05) is 55.8 Å². The van der Waals surface area contributed by atoms with Crippen LogP contribution < -0.4 is 4.74 Å². The van der Waals surface area contributed by atoms with E-state index in [1.165, 1.54) is 0 Å². The molecule has 2 atom stereocenters. The van der Waals surface area contributed by atoms with Crippen molar-refractivity contribution < 1.29 is 14.9 Å². The normalized spacial score (nSPS) is 13.5. The zero-order valence-corrected chi connectivity index (χ0v) is 13.7. The minimum absolute atomic E-state index is 0.558. The highest BCUT2D eigenvalue weighted by molar-refractivity contribution is 5.28. The summed E-state index contributed by atoms with van der Waals surface area (Å²) in [6, 6.07) is 18.0. The zero-order chi connectivity index (χ0) is 16.5. The van der Waals surface area contributed by atoms with Gasteiger partial charge in [0.15, 0.2) is 0 Å². The Morgan fingerprint density at radius 1 is 0.826 bits per heavy atom. The lowest BCUT2D eigenvalue weighted by atomic mass is 10.0. The van der Waals surface area contributed by atoms with Gasteiger partial charge in [0.1, 0.15) is 12.4 Å². The fraction of sp³-hybridized carbons (Fsp3) is 0.400. The first-order valence-corrected chi connectivity index (χ1v) is 8.31. The number of aliphatic hydroxyl groups is 2. The summed E-state index contributed by atoms with van der Waals surface area (Å²) in [5.74, 6) is 0.837. The van der Waals surface area contributed by atoms with Gasteiger partial charge in [-0.2, -0.15) is 0 Å². The van der Waals surface area contributed by atoms with Crippen LogP contribution in [0.3, 0.4) is 0 Å². The molecule has 0 aliphatic rings. The highest BCUT2D eigenvalue weighted by Crippen LogP contribution is 2.16. The van der Waals surface area contributed by atoms with Crippen molar-refractivity contribution in [2.75, 3.05) is 0 Å². The second-order valence-corrected chi connectivity index (χ2v) is 5.88. The predicted molar refractivity (Wildman–Crippen MR) is 92.5 cm³/mol. The highest BCUT2D eigenvalue weighted by atomic mass is 16.5. The van der Waals surface area contributed by atoms with Crippen molar-refractivity contribution >= 4 is 0 Å². The zero-order valence-electron chi connectivity index (χ0n) is 13.7. The maximum Gasteiger partial charge on any atom is 0.119 e. The lowest BCUT2D eigenvalue weighted by Crippen LogP contribution is -2.26. The van der Waals surface area contributed by atoms with Crippen molar-refractivity contribution in [2.45, 2.75) is 51.4 Å². The van der Waals surface area contributed by atoms with Crippen molar-refractivity contribution in [3.05, 3.63) is 65.7 Å². The average Bonchev–Trinajstić information content (AvgIpc) is 2.60. The lowest BCUT2D eigenvalue weighted by molar-refractivity contribution is 0.00980. The van der Waals surface area contributed by atoms with Crippen LogP contribution in [-0.4, -0.2) is 22.4 Å². The molecule has 0 saturated heterocycles. The number of aryl methyl sites for hydroxylation is 1. The van der Waals surface area contributed by atoms with Crippen LogP contribution in [0.15, 0.2) is 54.6 Å². The van der Waals surface area contributed by atoms with Gasteiger partial charge in [-0.05, 0) is 42.5 Å². The van der Waals surface area contributed by atoms with Crippen molar-refractivity contribution in [1.29, 1.82) is 0 Å². The van der Waals surface area contributed by atoms with E-state index >= 15 is 0 Å². The first-order valence-electron chi connectivity index (χ1n) is 8.31. The summed E-state index contributed by atoms with van der Waals surface area (Å²) in [6.45, 7) is 2.56. The van der Waals surface area contributed by atoms with Crippen molar-refractivity contribution in [1.82, 2.24) is 0 Å². The predicted octanol–water partition coefficient (Wildman–Crippen LogP) is 3.72. The molecule has 0 aromatic heterocycles. The minimum atomic E-state index is -0.649. The SMILES string of the molecule is CCCC(O)C(O)CCc1ccc(OCc2ccccc2)cc1. The molecule has 0 aliphatic heterocycles. The standard InChI is InChI=1S/C20H26O3/c1-2-6-19(21)20(22)14-11-16-9-12-18(13-10-16)23-15-17-7-4-3-5-8-17/h3-5,7-10,12-13,19-22H,2,6,11,14-15H2,1H3. The first kappa shape index (κ1) is 17.5. The van der Waals surface area contributed by atoms with E-state index in [0.717, 1.165) is 29.7 Å². The molecule has 0 heterocycles. The molecule has 2 rings (SSSR count). The van der Waals surface area contributed by atoms with Crippen LogP contribution in [0.25, 0.3) is 0 Å². The molecule has 124 valence electrons. The van der Waals surface area contributed by atoms with Crippen molar-refractivity contribution in [2.24, 2.45) is 0 Å². The van der Waals surface area contributed by atoms with Gasteiger partial charge in [-0.3, -0.25) is 0 Å². The molecule has 0 radical (unpaired) electrons. The Balaban J connectivity index is 1.78. The Bertz CT molecular complexity index is 551. The molecule has 2 aromatic carbocycles. The van der Waals surface area contributed by atoms with E-state index in [9.17, 15) is 10.2 Å². The largest absolute Gasteiger partial charge is 0.489 e. The van der Waals surface area contributed by atoms with Gasteiger partial charge in [0.2, 0.25) is 0 Å². The first-order chi connectivity index (χ1) is 11.2. The second kappa shape index (κ2) is 9.33. The van der Waals surface area contributed by atoms with E-state index in [1.807, 2.05) is 61.5 Å². The molecule has 0 amide bonds. The highest BCUT2D eigenvalue weighted by Gasteiger charge is 2.14. The van der Waals surface area contributed by atoms with E-state index in [0.29, 0.717) is 19.4 Å². The smallest absolute Gasteiger partial charge is 0.119 e.